The zero-order chi connectivity index (χ0) is 13.1. The molecule has 1 N–H and O–H groups in total. The molecule has 3 heteroatoms. The molecule has 0 radical (unpaired) electrons. The van der Waals surface area contributed by atoms with Gasteiger partial charge < -0.3 is 14.8 Å². The summed E-state index contributed by atoms with van der Waals surface area (Å²) in [6.07, 6.45) is 10.4. The Balaban J connectivity index is 1.66. The monoisotopic (exact) mass is 267 g/mol. The predicted octanol–water partition coefficient (Wildman–Crippen LogP) is 2.74. The van der Waals surface area contributed by atoms with Crippen molar-refractivity contribution in [2.75, 3.05) is 26.9 Å². The van der Waals surface area contributed by atoms with E-state index >= 15 is 0 Å². The van der Waals surface area contributed by atoms with E-state index in [0.29, 0.717) is 0 Å². The number of hydrogen-bond acceptors (Lipinski definition) is 3. The predicted molar refractivity (Wildman–Crippen MR) is 76.3 cm³/mol. The molecule has 1 spiro atoms. The first-order valence-electron chi connectivity index (χ1n) is 8.22. The Morgan fingerprint density at radius 1 is 1.00 bits per heavy atom. The first-order valence-corrected chi connectivity index (χ1v) is 8.22. The molecule has 1 saturated carbocycles. The summed E-state index contributed by atoms with van der Waals surface area (Å²) in [4.78, 5) is 0. The van der Waals surface area contributed by atoms with Crippen LogP contribution in [0.4, 0.5) is 0 Å². The molecule has 3 rings (SSSR count). The van der Waals surface area contributed by atoms with Crippen LogP contribution in [0.1, 0.15) is 51.4 Å². The van der Waals surface area contributed by atoms with Gasteiger partial charge in [0.1, 0.15) is 0 Å². The molecular weight excluding hydrogens is 238 g/mol. The van der Waals surface area contributed by atoms with E-state index in [0.717, 1.165) is 50.5 Å². The van der Waals surface area contributed by atoms with Crippen LogP contribution in [0.15, 0.2) is 0 Å². The van der Waals surface area contributed by atoms with Crippen molar-refractivity contribution in [3.63, 3.8) is 0 Å². The van der Waals surface area contributed by atoms with Crippen LogP contribution in [0.2, 0.25) is 0 Å². The van der Waals surface area contributed by atoms with Crippen molar-refractivity contribution < 1.29 is 9.47 Å². The van der Waals surface area contributed by atoms with Gasteiger partial charge in [-0.15, -0.1) is 0 Å². The van der Waals surface area contributed by atoms with E-state index in [2.05, 4.69) is 12.4 Å². The first-order chi connectivity index (χ1) is 9.33. The van der Waals surface area contributed by atoms with E-state index in [1.54, 1.807) is 0 Å². The minimum Gasteiger partial charge on any atom is -0.381 e. The van der Waals surface area contributed by atoms with E-state index in [1.165, 1.54) is 38.5 Å². The maximum atomic E-state index is 6.20. The fourth-order valence-corrected chi connectivity index (χ4v) is 4.61. The van der Waals surface area contributed by atoms with Crippen molar-refractivity contribution in [1.29, 1.82) is 0 Å². The second-order valence-electron chi connectivity index (χ2n) is 6.74. The van der Waals surface area contributed by atoms with Crippen molar-refractivity contribution >= 4 is 0 Å². The standard InChI is InChI=1S/C16H29NO2/c1-17-15-5-3-2-4-14(15)13-6-9-19-16(12-13)7-10-18-11-8-16/h13-15,17H,2-12H2,1H3. The van der Waals surface area contributed by atoms with Crippen LogP contribution in [0.3, 0.4) is 0 Å². The van der Waals surface area contributed by atoms with Gasteiger partial charge in [-0.3, -0.25) is 0 Å². The van der Waals surface area contributed by atoms with Crippen molar-refractivity contribution in [3.05, 3.63) is 0 Å². The van der Waals surface area contributed by atoms with Gasteiger partial charge in [-0.2, -0.15) is 0 Å². The molecule has 0 aromatic heterocycles. The van der Waals surface area contributed by atoms with Crippen LogP contribution in [0.25, 0.3) is 0 Å². The lowest BCUT2D eigenvalue weighted by atomic mass is 9.69. The molecule has 3 fully saturated rings. The zero-order valence-corrected chi connectivity index (χ0v) is 12.3. The summed E-state index contributed by atoms with van der Waals surface area (Å²) in [6.45, 7) is 2.76. The van der Waals surface area contributed by atoms with Gasteiger partial charge in [0, 0.05) is 25.9 Å². The molecule has 2 saturated heterocycles. The fraction of sp³-hybridized carbons (Fsp3) is 1.00. The third-order valence-corrected chi connectivity index (χ3v) is 5.73. The Hall–Kier alpha value is -0.120. The molecule has 19 heavy (non-hydrogen) atoms. The highest BCUT2D eigenvalue weighted by atomic mass is 16.5. The number of ether oxygens (including phenoxy) is 2. The average Bonchev–Trinajstić information content (AvgIpc) is 2.48. The Labute approximate surface area is 117 Å². The Kier molecular flexibility index (Phi) is 4.45. The maximum Gasteiger partial charge on any atom is 0.0729 e. The molecule has 0 aromatic rings. The number of nitrogens with one attached hydrogen (secondary N) is 1. The lowest BCUT2D eigenvalue weighted by molar-refractivity contribution is -0.155. The van der Waals surface area contributed by atoms with Crippen LogP contribution in [-0.4, -0.2) is 38.5 Å². The molecule has 0 amide bonds. The van der Waals surface area contributed by atoms with Crippen LogP contribution in [-0.2, 0) is 9.47 Å². The molecule has 2 aliphatic heterocycles. The van der Waals surface area contributed by atoms with Crippen LogP contribution < -0.4 is 5.32 Å². The quantitative estimate of drug-likeness (QED) is 0.834. The summed E-state index contributed by atoms with van der Waals surface area (Å²) < 4.78 is 11.7. The third kappa shape index (κ3) is 2.98. The molecule has 0 bridgehead atoms. The summed E-state index contributed by atoms with van der Waals surface area (Å²) in [5, 5.41) is 3.58. The summed E-state index contributed by atoms with van der Waals surface area (Å²) in [6, 6.07) is 0.744. The van der Waals surface area contributed by atoms with Crippen LogP contribution in [0.5, 0.6) is 0 Å². The minimum absolute atomic E-state index is 0.164. The van der Waals surface area contributed by atoms with Gasteiger partial charge in [0.15, 0.2) is 0 Å². The molecule has 110 valence electrons. The lowest BCUT2D eigenvalue weighted by Gasteiger charge is -2.47. The minimum atomic E-state index is 0.164. The average molecular weight is 267 g/mol. The summed E-state index contributed by atoms with van der Waals surface area (Å²) >= 11 is 0. The number of hydrogen-bond donors (Lipinski definition) is 1. The van der Waals surface area contributed by atoms with E-state index in [-0.39, 0.29) is 5.60 Å². The molecule has 3 nitrogen and oxygen atoms in total. The van der Waals surface area contributed by atoms with E-state index in [1.807, 2.05) is 0 Å². The summed E-state index contributed by atoms with van der Waals surface area (Å²) in [5.41, 5.74) is 0.164. The molecule has 3 unspecified atom stereocenters. The Bertz CT molecular complexity index is 283. The van der Waals surface area contributed by atoms with Crippen molar-refractivity contribution in [2.24, 2.45) is 11.8 Å². The second kappa shape index (κ2) is 6.11. The largest absolute Gasteiger partial charge is 0.381 e. The molecule has 1 aliphatic carbocycles. The Morgan fingerprint density at radius 3 is 2.58 bits per heavy atom. The first kappa shape index (κ1) is 13.8. The SMILES string of the molecule is CNC1CCCCC1C1CCOC2(CCOCC2)C1. The highest BCUT2D eigenvalue weighted by molar-refractivity contribution is 4.94. The van der Waals surface area contributed by atoms with Crippen LogP contribution in [0, 0.1) is 11.8 Å². The van der Waals surface area contributed by atoms with Crippen molar-refractivity contribution in [2.45, 2.75) is 63.0 Å². The maximum absolute atomic E-state index is 6.20. The normalized spacial score (nSPS) is 39.3. The van der Waals surface area contributed by atoms with Gasteiger partial charge in [-0.1, -0.05) is 12.8 Å². The van der Waals surface area contributed by atoms with Crippen molar-refractivity contribution in [3.8, 4) is 0 Å². The molecule has 3 aliphatic rings. The van der Waals surface area contributed by atoms with E-state index in [4.69, 9.17) is 9.47 Å². The third-order valence-electron chi connectivity index (χ3n) is 5.73. The van der Waals surface area contributed by atoms with Crippen LogP contribution >= 0.6 is 0 Å². The molecule has 3 atom stereocenters. The zero-order valence-electron chi connectivity index (χ0n) is 12.3. The lowest BCUT2D eigenvalue weighted by Crippen LogP contribution is -2.49. The van der Waals surface area contributed by atoms with Gasteiger partial charge in [0.2, 0.25) is 0 Å². The van der Waals surface area contributed by atoms with Crippen molar-refractivity contribution in [1.82, 2.24) is 5.32 Å². The highest BCUT2D eigenvalue weighted by Crippen LogP contribution is 2.43. The molecule has 2 heterocycles. The molecular formula is C16H29NO2. The van der Waals surface area contributed by atoms with Gasteiger partial charge in [-0.05, 0) is 57.4 Å². The number of rotatable bonds is 2. The summed E-state index contributed by atoms with van der Waals surface area (Å²) in [7, 11) is 2.15. The second-order valence-corrected chi connectivity index (χ2v) is 6.74. The van der Waals surface area contributed by atoms with E-state index in [9.17, 15) is 0 Å². The topological polar surface area (TPSA) is 30.5 Å². The summed E-state index contributed by atoms with van der Waals surface area (Å²) in [5.74, 6) is 1.74. The van der Waals surface area contributed by atoms with Gasteiger partial charge in [0.25, 0.3) is 0 Å². The smallest absolute Gasteiger partial charge is 0.0729 e. The Morgan fingerprint density at radius 2 is 1.79 bits per heavy atom. The fourth-order valence-electron chi connectivity index (χ4n) is 4.61. The van der Waals surface area contributed by atoms with E-state index < -0.39 is 0 Å². The highest BCUT2D eigenvalue weighted by Gasteiger charge is 2.42. The molecule has 0 aromatic carbocycles. The van der Waals surface area contributed by atoms with Gasteiger partial charge in [0.05, 0.1) is 5.60 Å². The van der Waals surface area contributed by atoms with Gasteiger partial charge in [-0.25, -0.2) is 0 Å². The van der Waals surface area contributed by atoms with Gasteiger partial charge >= 0.3 is 0 Å².